The molecule has 0 aliphatic carbocycles. The summed E-state index contributed by atoms with van der Waals surface area (Å²) in [6.07, 6.45) is 4.39. The second kappa shape index (κ2) is 7.35. The minimum Gasteiger partial charge on any atom is -0.493 e. The van der Waals surface area contributed by atoms with Gasteiger partial charge in [-0.15, -0.1) is 0 Å². The van der Waals surface area contributed by atoms with Crippen LogP contribution in [-0.2, 0) is 4.79 Å². The highest BCUT2D eigenvalue weighted by atomic mass is 16.6. The van der Waals surface area contributed by atoms with Crippen LogP contribution in [0.25, 0.3) is 17.3 Å². The Morgan fingerprint density at radius 1 is 1.16 bits per heavy atom. The number of nitrogens with one attached hydrogen (secondary N) is 1. The summed E-state index contributed by atoms with van der Waals surface area (Å²) in [6, 6.07) is 8.66. The molecule has 0 unspecified atom stereocenters. The van der Waals surface area contributed by atoms with Crippen molar-refractivity contribution >= 4 is 17.8 Å². The Kier molecular flexibility index (Phi) is 4.79. The molecule has 1 N–H and O–H groups in total. The summed E-state index contributed by atoms with van der Waals surface area (Å²) in [5.74, 6) is 1.47. The number of methoxy groups -OCH3 is 2. The molecule has 3 rings (SSSR count). The Labute approximate surface area is 143 Å². The highest BCUT2D eigenvalue weighted by molar-refractivity contribution is 6.02. The number of hydrogen-bond acceptors (Lipinski definition) is 7. The van der Waals surface area contributed by atoms with Crippen molar-refractivity contribution in [2.24, 2.45) is 0 Å². The van der Waals surface area contributed by atoms with Gasteiger partial charge in [-0.3, -0.25) is 4.79 Å². The first-order valence-corrected chi connectivity index (χ1v) is 7.29. The number of furan rings is 1. The van der Waals surface area contributed by atoms with Crippen LogP contribution in [0.2, 0.25) is 0 Å². The Hall–Kier alpha value is -3.55. The van der Waals surface area contributed by atoms with Gasteiger partial charge in [0.05, 0.1) is 20.5 Å². The van der Waals surface area contributed by atoms with Gasteiger partial charge in [0.25, 0.3) is 0 Å². The Morgan fingerprint density at radius 3 is 2.72 bits per heavy atom. The summed E-state index contributed by atoms with van der Waals surface area (Å²) < 4.78 is 20.3. The molecule has 2 aromatic heterocycles. The number of amides is 1. The zero-order valence-corrected chi connectivity index (χ0v) is 13.6. The van der Waals surface area contributed by atoms with E-state index < -0.39 is 5.91 Å². The van der Waals surface area contributed by atoms with Crippen molar-refractivity contribution in [1.29, 1.82) is 0 Å². The minimum absolute atomic E-state index is 0.196. The van der Waals surface area contributed by atoms with Crippen molar-refractivity contribution in [3.8, 4) is 22.8 Å². The molecule has 8 heteroatoms. The summed E-state index contributed by atoms with van der Waals surface area (Å²) >= 11 is 0. The van der Waals surface area contributed by atoms with Crippen LogP contribution in [0.1, 0.15) is 5.76 Å². The van der Waals surface area contributed by atoms with E-state index in [1.165, 1.54) is 19.4 Å². The number of carbonyl (C=O) groups excluding carboxylic acids is 1. The molecule has 0 fully saturated rings. The zero-order chi connectivity index (χ0) is 17.6. The van der Waals surface area contributed by atoms with E-state index >= 15 is 0 Å². The van der Waals surface area contributed by atoms with Gasteiger partial charge in [0, 0.05) is 11.6 Å². The molecular weight excluding hydrogens is 326 g/mol. The molecule has 25 heavy (non-hydrogen) atoms. The van der Waals surface area contributed by atoms with E-state index in [0.29, 0.717) is 28.5 Å². The maximum Gasteiger partial charge on any atom is 0.249 e. The number of rotatable bonds is 6. The van der Waals surface area contributed by atoms with Crippen molar-refractivity contribution in [2.75, 3.05) is 19.5 Å². The molecule has 128 valence electrons. The summed E-state index contributed by atoms with van der Waals surface area (Å²) in [5, 5.41) is 10.2. The first-order valence-electron chi connectivity index (χ1n) is 7.29. The van der Waals surface area contributed by atoms with Crippen LogP contribution < -0.4 is 14.8 Å². The molecule has 0 bridgehead atoms. The zero-order valence-electron chi connectivity index (χ0n) is 13.6. The quantitative estimate of drug-likeness (QED) is 0.688. The molecule has 1 aromatic carbocycles. The van der Waals surface area contributed by atoms with Gasteiger partial charge >= 0.3 is 0 Å². The molecule has 8 nitrogen and oxygen atoms in total. The van der Waals surface area contributed by atoms with Crippen LogP contribution in [0.4, 0.5) is 5.82 Å². The lowest BCUT2D eigenvalue weighted by atomic mass is 10.1. The average molecular weight is 341 g/mol. The lowest BCUT2D eigenvalue weighted by molar-refractivity contribution is -0.111. The predicted octanol–water partition coefficient (Wildman–Crippen LogP) is 3.00. The summed E-state index contributed by atoms with van der Waals surface area (Å²) in [6.45, 7) is 0. The van der Waals surface area contributed by atoms with Gasteiger partial charge in [-0.1, -0.05) is 0 Å². The molecule has 0 aliphatic heterocycles. The second-order valence-electron chi connectivity index (χ2n) is 4.87. The fraction of sp³-hybridized carbons (Fsp3) is 0.118. The number of aromatic nitrogens is 2. The van der Waals surface area contributed by atoms with E-state index in [-0.39, 0.29) is 5.82 Å². The highest BCUT2D eigenvalue weighted by Gasteiger charge is 2.16. The summed E-state index contributed by atoms with van der Waals surface area (Å²) in [7, 11) is 3.08. The van der Waals surface area contributed by atoms with Crippen molar-refractivity contribution in [3.05, 3.63) is 48.4 Å². The number of ether oxygens (including phenoxy) is 2. The first kappa shape index (κ1) is 16.3. The number of nitrogens with zero attached hydrogens (tertiary/aromatic N) is 2. The van der Waals surface area contributed by atoms with Crippen LogP contribution in [-0.4, -0.2) is 30.4 Å². The van der Waals surface area contributed by atoms with Gasteiger partial charge in [-0.2, -0.15) is 0 Å². The molecule has 0 spiro atoms. The second-order valence-corrected chi connectivity index (χ2v) is 4.87. The topological polar surface area (TPSA) is 99.6 Å². The lowest BCUT2D eigenvalue weighted by Crippen LogP contribution is -2.09. The lowest BCUT2D eigenvalue weighted by Gasteiger charge is -2.08. The van der Waals surface area contributed by atoms with Crippen molar-refractivity contribution in [2.45, 2.75) is 0 Å². The van der Waals surface area contributed by atoms with Crippen LogP contribution in [0, 0.1) is 0 Å². The monoisotopic (exact) mass is 341 g/mol. The molecule has 3 aromatic rings. The molecule has 2 heterocycles. The Bertz CT molecular complexity index is 884. The van der Waals surface area contributed by atoms with E-state index in [0.717, 1.165) is 0 Å². The largest absolute Gasteiger partial charge is 0.493 e. The van der Waals surface area contributed by atoms with E-state index in [9.17, 15) is 4.79 Å². The van der Waals surface area contributed by atoms with Crippen LogP contribution >= 0.6 is 0 Å². The van der Waals surface area contributed by atoms with E-state index in [1.54, 1.807) is 43.5 Å². The van der Waals surface area contributed by atoms with E-state index in [2.05, 4.69) is 15.6 Å². The first-order chi connectivity index (χ1) is 12.2. The third-order valence-corrected chi connectivity index (χ3v) is 3.33. The minimum atomic E-state index is -0.395. The molecule has 1 amide bonds. The Balaban J connectivity index is 1.80. The third-order valence-electron chi connectivity index (χ3n) is 3.33. The predicted molar refractivity (Wildman–Crippen MR) is 89.2 cm³/mol. The summed E-state index contributed by atoms with van der Waals surface area (Å²) in [5.41, 5.74) is 1.03. The van der Waals surface area contributed by atoms with Crippen LogP contribution in [0.3, 0.4) is 0 Å². The fourth-order valence-corrected chi connectivity index (χ4v) is 2.15. The van der Waals surface area contributed by atoms with Gasteiger partial charge < -0.3 is 19.2 Å². The van der Waals surface area contributed by atoms with E-state index in [4.69, 9.17) is 18.5 Å². The molecule has 0 saturated heterocycles. The maximum absolute atomic E-state index is 12.0. The number of carbonyl (C=O) groups is 1. The Morgan fingerprint density at radius 2 is 2.00 bits per heavy atom. The number of anilines is 1. The molecule has 0 atom stereocenters. The van der Waals surface area contributed by atoms with E-state index in [1.807, 2.05) is 0 Å². The highest BCUT2D eigenvalue weighted by Crippen LogP contribution is 2.33. The molecule has 0 aliphatic rings. The van der Waals surface area contributed by atoms with Gasteiger partial charge in [0.15, 0.2) is 17.2 Å². The van der Waals surface area contributed by atoms with Crippen molar-refractivity contribution in [3.63, 3.8) is 0 Å². The third kappa shape index (κ3) is 3.69. The van der Waals surface area contributed by atoms with Crippen LogP contribution in [0.15, 0.2) is 51.7 Å². The van der Waals surface area contributed by atoms with Gasteiger partial charge in [-0.25, -0.2) is 4.63 Å². The normalized spacial score (nSPS) is 10.8. The summed E-state index contributed by atoms with van der Waals surface area (Å²) in [4.78, 5) is 12.0. The maximum atomic E-state index is 12.0. The van der Waals surface area contributed by atoms with Crippen molar-refractivity contribution < 1.29 is 23.3 Å². The fourth-order valence-electron chi connectivity index (χ4n) is 2.15. The smallest absolute Gasteiger partial charge is 0.249 e. The SMILES string of the molecule is COc1ccc(-c2nonc2NC(=O)C=Cc2ccco2)cc1OC. The van der Waals surface area contributed by atoms with Gasteiger partial charge in [-0.05, 0) is 46.7 Å². The average Bonchev–Trinajstić information content (AvgIpc) is 3.31. The molecular formula is C17H15N3O5. The van der Waals surface area contributed by atoms with Gasteiger partial charge in [0.2, 0.25) is 11.7 Å². The molecule has 0 saturated carbocycles. The standard InChI is InChI=1S/C17H15N3O5/c1-22-13-7-5-11(10-14(13)23-2)16-17(20-25-19-16)18-15(21)8-6-12-4-3-9-24-12/h3-10H,1-2H3,(H,18,20,21). The van der Waals surface area contributed by atoms with Crippen molar-refractivity contribution in [1.82, 2.24) is 10.3 Å². The van der Waals surface area contributed by atoms with Crippen LogP contribution in [0.5, 0.6) is 11.5 Å². The number of hydrogen-bond donors (Lipinski definition) is 1. The van der Waals surface area contributed by atoms with Gasteiger partial charge in [0.1, 0.15) is 5.76 Å². The molecule has 0 radical (unpaired) electrons. The number of benzene rings is 1.